The highest BCUT2D eigenvalue weighted by Gasteiger charge is 1.87. The summed E-state index contributed by atoms with van der Waals surface area (Å²) in [6.45, 7) is 5.25. The van der Waals surface area contributed by atoms with Gasteiger partial charge in [-0.3, -0.25) is 4.79 Å². The summed E-state index contributed by atoms with van der Waals surface area (Å²) in [5.41, 5.74) is 0. The Morgan fingerprint density at radius 3 is 2.11 bits per heavy atom. The Kier molecular flexibility index (Phi) is 12.0. The van der Waals surface area contributed by atoms with E-state index in [1.807, 2.05) is 6.92 Å². The number of carboxylic acid groups (broad SMARTS) is 1. The van der Waals surface area contributed by atoms with Gasteiger partial charge in [-0.25, -0.2) is 0 Å². The molecule has 1 N–H and O–H groups in total. The van der Waals surface area contributed by atoms with Crippen molar-refractivity contribution in [3.05, 3.63) is 12.7 Å². The number of hydrogen-bond donors (Lipinski definition) is 1. The number of carbonyl (C=O) groups is 2. The lowest BCUT2D eigenvalue weighted by molar-refractivity contribution is -0.138. The van der Waals surface area contributed by atoms with Crippen LogP contribution in [0, 0.1) is 0 Å². The summed E-state index contributed by atoms with van der Waals surface area (Å²) >= 11 is 0. The molecule has 9 heavy (non-hydrogen) atoms. The van der Waals surface area contributed by atoms with E-state index in [1.54, 1.807) is 6.08 Å². The van der Waals surface area contributed by atoms with Crippen LogP contribution in [-0.2, 0) is 9.59 Å². The highest BCUT2D eigenvalue weighted by Crippen LogP contribution is 1.64. The van der Waals surface area contributed by atoms with Crippen LogP contribution in [0.2, 0.25) is 0 Å². The standard InChI is InChI=1S/C3H4O3.C3H6/c4-2-1-3(5)6;1-3-2/h2H,1H2,(H,5,6);3H,1H2,2H3. The molecule has 0 spiro atoms. The molecule has 0 amide bonds. The minimum atomic E-state index is -1.08. The largest absolute Gasteiger partial charge is 0.481 e. The van der Waals surface area contributed by atoms with E-state index < -0.39 is 5.97 Å². The Balaban J connectivity index is 0. The Bertz CT molecular complexity index is 96.5. The fraction of sp³-hybridized carbons (Fsp3) is 0.333. The van der Waals surface area contributed by atoms with Crippen molar-refractivity contribution < 1.29 is 14.7 Å². The third-order valence-corrected chi connectivity index (χ3v) is 0.258. The number of aldehydes is 1. The molecule has 0 aromatic heterocycles. The molecule has 0 unspecified atom stereocenters. The van der Waals surface area contributed by atoms with Gasteiger partial charge in [0.05, 0.1) is 0 Å². The average Bonchev–Trinajstić information content (AvgIpc) is 1.67. The molecule has 0 saturated carbocycles. The molecule has 0 atom stereocenters. The van der Waals surface area contributed by atoms with Gasteiger partial charge < -0.3 is 9.90 Å². The molecule has 0 bridgehead atoms. The zero-order chi connectivity index (χ0) is 7.70. The number of hydrogen-bond acceptors (Lipinski definition) is 2. The van der Waals surface area contributed by atoms with Gasteiger partial charge in [0.2, 0.25) is 0 Å². The Morgan fingerprint density at radius 2 is 2.11 bits per heavy atom. The van der Waals surface area contributed by atoms with E-state index in [1.165, 1.54) is 0 Å². The van der Waals surface area contributed by atoms with Gasteiger partial charge in [0.15, 0.2) is 0 Å². The predicted octanol–water partition coefficient (Wildman–Crippen LogP) is 0.852. The summed E-state index contributed by atoms with van der Waals surface area (Å²) in [6.07, 6.45) is 1.71. The topological polar surface area (TPSA) is 54.4 Å². The van der Waals surface area contributed by atoms with Crippen LogP contribution in [0.4, 0.5) is 0 Å². The van der Waals surface area contributed by atoms with E-state index in [4.69, 9.17) is 5.11 Å². The summed E-state index contributed by atoms with van der Waals surface area (Å²) in [7, 11) is 0. The summed E-state index contributed by atoms with van der Waals surface area (Å²) in [6, 6.07) is 0. The first kappa shape index (κ1) is 10.8. The van der Waals surface area contributed by atoms with Crippen molar-refractivity contribution in [1.29, 1.82) is 0 Å². The molecule has 0 rings (SSSR count). The van der Waals surface area contributed by atoms with Gasteiger partial charge in [-0.05, 0) is 6.92 Å². The van der Waals surface area contributed by atoms with E-state index in [9.17, 15) is 9.59 Å². The third-order valence-electron chi connectivity index (χ3n) is 0.258. The van der Waals surface area contributed by atoms with Crippen LogP contribution in [0.3, 0.4) is 0 Å². The lowest BCUT2D eigenvalue weighted by Crippen LogP contribution is -1.92. The van der Waals surface area contributed by atoms with Gasteiger partial charge in [-0.15, -0.1) is 6.58 Å². The highest BCUT2D eigenvalue weighted by molar-refractivity contribution is 5.81. The second-order valence-electron chi connectivity index (χ2n) is 1.17. The van der Waals surface area contributed by atoms with E-state index in [0.29, 0.717) is 6.29 Å². The minimum Gasteiger partial charge on any atom is -0.481 e. The van der Waals surface area contributed by atoms with Gasteiger partial charge in [0.1, 0.15) is 12.7 Å². The SMILES string of the molecule is C=CC.O=CCC(=O)O. The molecule has 0 aliphatic rings. The van der Waals surface area contributed by atoms with Crippen LogP contribution in [-0.4, -0.2) is 17.4 Å². The maximum absolute atomic E-state index is 9.37. The third kappa shape index (κ3) is 46.4. The molecule has 52 valence electrons. The van der Waals surface area contributed by atoms with Crippen LogP contribution < -0.4 is 0 Å². The van der Waals surface area contributed by atoms with Crippen LogP contribution in [0.25, 0.3) is 0 Å². The highest BCUT2D eigenvalue weighted by atomic mass is 16.4. The van der Waals surface area contributed by atoms with Crippen LogP contribution >= 0.6 is 0 Å². The van der Waals surface area contributed by atoms with Crippen LogP contribution in [0.1, 0.15) is 13.3 Å². The van der Waals surface area contributed by atoms with Crippen molar-refractivity contribution in [3.8, 4) is 0 Å². The molecule has 0 saturated heterocycles. The first-order valence-corrected chi connectivity index (χ1v) is 2.41. The van der Waals surface area contributed by atoms with E-state index in [0.717, 1.165) is 0 Å². The summed E-state index contributed by atoms with van der Waals surface area (Å²) in [5, 5.41) is 7.68. The first-order valence-electron chi connectivity index (χ1n) is 2.41. The summed E-state index contributed by atoms with van der Waals surface area (Å²) in [5.74, 6) is -1.08. The predicted molar refractivity (Wildman–Crippen MR) is 34.2 cm³/mol. The smallest absolute Gasteiger partial charge is 0.310 e. The van der Waals surface area contributed by atoms with Crippen molar-refractivity contribution in [2.24, 2.45) is 0 Å². The Morgan fingerprint density at radius 1 is 1.78 bits per heavy atom. The maximum atomic E-state index is 9.37. The van der Waals surface area contributed by atoms with Gasteiger partial charge in [-0.1, -0.05) is 6.08 Å². The van der Waals surface area contributed by atoms with Gasteiger partial charge >= 0.3 is 5.97 Å². The molecule has 0 radical (unpaired) electrons. The molecule has 3 heteroatoms. The number of allylic oxidation sites excluding steroid dienone is 1. The first-order chi connectivity index (χ1) is 4.18. The number of carbonyl (C=O) groups excluding carboxylic acids is 1. The fourth-order valence-electron chi connectivity index (χ4n) is 0.0713. The van der Waals surface area contributed by atoms with Crippen LogP contribution in [0.5, 0.6) is 0 Å². The molecular weight excluding hydrogens is 120 g/mol. The normalized spacial score (nSPS) is 6.33. The van der Waals surface area contributed by atoms with Crippen molar-refractivity contribution in [1.82, 2.24) is 0 Å². The van der Waals surface area contributed by atoms with Crippen molar-refractivity contribution in [3.63, 3.8) is 0 Å². The second kappa shape index (κ2) is 9.99. The number of carboxylic acids is 1. The molecule has 0 aromatic carbocycles. The fourth-order valence-corrected chi connectivity index (χ4v) is 0.0713. The van der Waals surface area contributed by atoms with Crippen LogP contribution in [0.15, 0.2) is 12.7 Å². The quantitative estimate of drug-likeness (QED) is 0.342. The van der Waals surface area contributed by atoms with Crippen molar-refractivity contribution >= 4 is 12.3 Å². The molecule has 0 heterocycles. The lowest BCUT2D eigenvalue weighted by Gasteiger charge is -1.71. The second-order valence-corrected chi connectivity index (χ2v) is 1.17. The Hall–Kier alpha value is -1.12. The maximum Gasteiger partial charge on any atom is 0.310 e. The monoisotopic (exact) mass is 130 g/mol. The average molecular weight is 130 g/mol. The molecule has 0 fully saturated rings. The molecule has 0 aliphatic heterocycles. The van der Waals surface area contributed by atoms with E-state index in [-0.39, 0.29) is 6.42 Å². The van der Waals surface area contributed by atoms with Gasteiger partial charge in [-0.2, -0.15) is 0 Å². The van der Waals surface area contributed by atoms with Crippen molar-refractivity contribution in [2.75, 3.05) is 0 Å². The molecule has 0 aliphatic carbocycles. The lowest BCUT2D eigenvalue weighted by atomic mass is 10.5. The van der Waals surface area contributed by atoms with Crippen molar-refractivity contribution in [2.45, 2.75) is 13.3 Å². The van der Waals surface area contributed by atoms with E-state index in [2.05, 4.69) is 6.58 Å². The molecule has 3 nitrogen and oxygen atoms in total. The van der Waals surface area contributed by atoms with E-state index >= 15 is 0 Å². The number of aliphatic carboxylic acids is 1. The summed E-state index contributed by atoms with van der Waals surface area (Å²) in [4.78, 5) is 18.6. The summed E-state index contributed by atoms with van der Waals surface area (Å²) < 4.78 is 0. The zero-order valence-corrected chi connectivity index (χ0v) is 5.33. The zero-order valence-electron chi connectivity index (χ0n) is 5.33. The van der Waals surface area contributed by atoms with Gasteiger partial charge in [0, 0.05) is 0 Å². The Labute approximate surface area is 54.0 Å². The molecule has 0 aromatic rings. The molecular formula is C6H10O3. The number of rotatable bonds is 2. The minimum absolute atomic E-state index is 0.350. The van der Waals surface area contributed by atoms with Gasteiger partial charge in [0.25, 0.3) is 0 Å².